The Morgan fingerprint density at radius 1 is 1.14 bits per heavy atom. The molecule has 4 fully saturated rings. The van der Waals surface area contributed by atoms with Crippen molar-refractivity contribution < 1.29 is 9.53 Å². The Morgan fingerprint density at radius 3 is 2.43 bits per heavy atom. The highest BCUT2D eigenvalue weighted by Crippen LogP contribution is 2.55. The van der Waals surface area contributed by atoms with Crippen molar-refractivity contribution in [3.05, 3.63) is 54.2 Å². The van der Waals surface area contributed by atoms with E-state index in [1.54, 1.807) is 6.21 Å². The number of nitrogens with zero attached hydrogens (tertiary/aromatic N) is 1. The number of carbonyl (C=O) groups is 1. The van der Waals surface area contributed by atoms with Crippen molar-refractivity contribution in [1.29, 1.82) is 0 Å². The van der Waals surface area contributed by atoms with Gasteiger partial charge in [0.15, 0.2) is 6.61 Å². The van der Waals surface area contributed by atoms with Crippen LogP contribution in [0.25, 0.3) is 5.57 Å². The number of benzene rings is 1. The lowest BCUT2D eigenvalue weighted by atomic mass is 9.53. The summed E-state index contributed by atoms with van der Waals surface area (Å²) >= 11 is 0. The van der Waals surface area contributed by atoms with Crippen molar-refractivity contribution in [1.82, 2.24) is 10.6 Å². The number of amides is 1. The van der Waals surface area contributed by atoms with Gasteiger partial charge in [-0.2, -0.15) is 0 Å². The highest BCUT2D eigenvalue weighted by Gasteiger charge is 2.51. The van der Waals surface area contributed by atoms with E-state index in [0.29, 0.717) is 11.7 Å². The minimum absolute atomic E-state index is 0.00152. The predicted molar refractivity (Wildman–Crippen MR) is 109 cm³/mol. The maximum absolute atomic E-state index is 12.8. The Labute approximate surface area is 166 Å². The Balaban J connectivity index is 1.27. The van der Waals surface area contributed by atoms with Gasteiger partial charge in [0.25, 0.3) is 5.91 Å². The van der Waals surface area contributed by atoms with Crippen LogP contribution in [0.2, 0.25) is 0 Å². The van der Waals surface area contributed by atoms with Crippen LogP contribution in [-0.4, -0.2) is 24.3 Å². The van der Waals surface area contributed by atoms with E-state index in [0.717, 1.165) is 48.2 Å². The van der Waals surface area contributed by atoms with E-state index in [-0.39, 0.29) is 18.1 Å². The molecule has 4 saturated carbocycles. The molecule has 5 nitrogen and oxygen atoms in total. The molecule has 28 heavy (non-hydrogen) atoms. The molecule has 1 heterocycles. The third kappa shape index (κ3) is 3.34. The molecule has 5 aliphatic rings. The fourth-order valence-electron chi connectivity index (χ4n) is 6.10. The van der Waals surface area contributed by atoms with E-state index in [1.807, 2.05) is 30.3 Å². The zero-order chi connectivity index (χ0) is 19.1. The highest BCUT2D eigenvalue weighted by molar-refractivity contribution is 6.11. The van der Waals surface area contributed by atoms with Crippen LogP contribution in [0.15, 0.2) is 53.6 Å². The van der Waals surface area contributed by atoms with E-state index >= 15 is 0 Å². The number of carbonyl (C=O) groups excluding carboxylic acids is 1. The van der Waals surface area contributed by atoms with E-state index in [1.165, 1.54) is 19.3 Å². The fraction of sp³-hybridized carbons (Fsp3) is 0.478. The summed E-state index contributed by atoms with van der Waals surface area (Å²) in [5.74, 6) is 3.43. The SMILES string of the molecule is C=C1N=CC(c2ccccc2)=C(OCC(=O)NC23CC4CC(CC(C4)C2)C3)N1. The summed E-state index contributed by atoms with van der Waals surface area (Å²) in [6, 6.07) is 9.90. The molecule has 1 aromatic carbocycles. The summed E-state index contributed by atoms with van der Waals surface area (Å²) in [7, 11) is 0. The first-order chi connectivity index (χ1) is 13.6. The van der Waals surface area contributed by atoms with Gasteiger partial charge in [0.1, 0.15) is 5.82 Å². The molecule has 0 spiro atoms. The number of rotatable bonds is 5. The van der Waals surface area contributed by atoms with Crippen LogP contribution < -0.4 is 10.6 Å². The maximum Gasteiger partial charge on any atom is 0.258 e. The molecule has 0 radical (unpaired) electrons. The van der Waals surface area contributed by atoms with Crippen molar-refractivity contribution in [2.24, 2.45) is 22.7 Å². The van der Waals surface area contributed by atoms with Gasteiger partial charge in [-0.15, -0.1) is 0 Å². The van der Waals surface area contributed by atoms with Crippen molar-refractivity contribution in [3.8, 4) is 0 Å². The molecule has 4 bridgehead atoms. The number of hydrogen-bond acceptors (Lipinski definition) is 4. The fourth-order valence-corrected chi connectivity index (χ4v) is 6.10. The summed E-state index contributed by atoms with van der Waals surface area (Å²) in [5, 5.41) is 6.42. The molecule has 0 unspecified atom stereocenters. The zero-order valence-corrected chi connectivity index (χ0v) is 16.1. The second kappa shape index (κ2) is 6.80. The first-order valence-corrected chi connectivity index (χ1v) is 10.3. The molecule has 0 saturated heterocycles. The standard InChI is InChI=1S/C23H27N3O2/c1-15-24-13-20(19-5-3-2-4-6-19)22(25-15)28-14-21(27)26-23-10-16-7-17(11-23)9-18(8-16)12-23/h2-6,13,16-18,25H,1,7-12,14H2,(H,26,27). The summed E-state index contributed by atoms with van der Waals surface area (Å²) in [6.45, 7) is 3.84. The smallest absolute Gasteiger partial charge is 0.258 e. The van der Waals surface area contributed by atoms with Gasteiger partial charge in [0, 0.05) is 11.8 Å². The number of ether oxygens (including phenoxy) is 1. The number of allylic oxidation sites excluding steroid dienone is 1. The van der Waals surface area contributed by atoms with Crippen molar-refractivity contribution in [3.63, 3.8) is 0 Å². The lowest BCUT2D eigenvalue weighted by Crippen LogP contribution is -2.60. The normalized spacial score (nSPS) is 33.0. The lowest BCUT2D eigenvalue weighted by molar-refractivity contribution is -0.130. The van der Waals surface area contributed by atoms with Crippen molar-refractivity contribution in [2.75, 3.05) is 6.61 Å². The molecule has 1 amide bonds. The average molecular weight is 377 g/mol. The minimum atomic E-state index is -0.0308. The van der Waals surface area contributed by atoms with Gasteiger partial charge < -0.3 is 15.4 Å². The quantitative estimate of drug-likeness (QED) is 0.824. The Morgan fingerprint density at radius 2 is 1.79 bits per heavy atom. The third-order valence-corrected chi connectivity index (χ3v) is 6.73. The second-order valence-electron chi connectivity index (χ2n) is 8.97. The first kappa shape index (κ1) is 17.5. The Hall–Kier alpha value is -2.56. The molecular formula is C23H27N3O2. The summed E-state index contributed by atoms with van der Waals surface area (Å²) < 4.78 is 5.90. The molecule has 2 N–H and O–H groups in total. The summed E-state index contributed by atoms with van der Waals surface area (Å²) in [5.41, 5.74) is 1.83. The van der Waals surface area contributed by atoms with Crippen LogP contribution in [0.4, 0.5) is 0 Å². The number of aliphatic imine (C=N–C) groups is 1. The van der Waals surface area contributed by atoms with Crippen LogP contribution in [0.3, 0.4) is 0 Å². The Kier molecular flexibility index (Phi) is 4.26. The lowest BCUT2D eigenvalue weighted by Gasteiger charge is -2.56. The van der Waals surface area contributed by atoms with E-state index in [2.05, 4.69) is 22.2 Å². The van der Waals surface area contributed by atoms with Gasteiger partial charge >= 0.3 is 0 Å². The van der Waals surface area contributed by atoms with Gasteiger partial charge in [-0.3, -0.25) is 4.79 Å². The number of nitrogens with one attached hydrogen (secondary N) is 2. The van der Waals surface area contributed by atoms with Gasteiger partial charge in [0.2, 0.25) is 5.88 Å². The van der Waals surface area contributed by atoms with Crippen LogP contribution in [0.5, 0.6) is 0 Å². The van der Waals surface area contributed by atoms with Crippen molar-refractivity contribution >= 4 is 17.7 Å². The topological polar surface area (TPSA) is 62.7 Å². The van der Waals surface area contributed by atoms with Crippen molar-refractivity contribution in [2.45, 2.75) is 44.1 Å². The van der Waals surface area contributed by atoms with Gasteiger partial charge in [0.05, 0.1) is 5.57 Å². The van der Waals surface area contributed by atoms with Crippen LogP contribution >= 0.6 is 0 Å². The van der Waals surface area contributed by atoms with E-state index < -0.39 is 0 Å². The largest absolute Gasteiger partial charge is 0.468 e. The van der Waals surface area contributed by atoms with E-state index in [9.17, 15) is 4.79 Å². The van der Waals surface area contributed by atoms with Crippen LogP contribution in [-0.2, 0) is 9.53 Å². The molecule has 4 aliphatic carbocycles. The average Bonchev–Trinajstić information content (AvgIpc) is 2.66. The summed E-state index contributed by atoms with van der Waals surface area (Å²) in [4.78, 5) is 17.0. The molecule has 6 rings (SSSR count). The molecule has 1 aliphatic heterocycles. The Bertz CT molecular complexity index is 821. The molecule has 0 aromatic heterocycles. The minimum Gasteiger partial charge on any atom is -0.468 e. The zero-order valence-electron chi connectivity index (χ0n) is 16.1. The highest BCUT2D eigenvalue weighted by atomic mass is 16.5. The number of hydrogen-bond donors (Lipinski definition) is 2. The predicted octanol–water partition coefficient (Wildman–Crippen LogP) is 3.60. The molecular weight excluding hydrogens is 350 g/mol. The van der Waals surface area contributed by atoms with E-state index in [4.69, 9.17) is 4.74 Å². The van der Waals surface area contributed by atoms with Crippen LogP contribution in [0.1, 0.15) is 44.1 Å². The van der Waals surface area contributed by atoms with Gasteiger partial charge in [-0.25, -0.2) is 4.99 Å². The van der Waals surface area contributed by atoms with Gasteiger partial charge in [-0.1, -0.05) is 36.9 Å². The second-order valence-corrected chi connectivity index (χ2v) is 8.97. The maximum atomic E-state index is 12.8. The monoisotopic (exact) mass is 377 g/mol. The molecule has 1 aromatic rings. The van der Waals surface area contributed by atoms with Gasteiger partial charge in [-0.05, 0) is 61.8 Å². The first-order valence-electron chi connectivity index (χ1n) is 10.3. The summed E-state index contributed by atoms with van der Waals surface area (Å²) in [6.07, 6.45) is 9.26. The molecule has 5 heteroatoms. The van der Waals surface area contributed by atoms with Crippen LogP contribution in [0, 0.1) is 17.8 Å². The third-order valence-electron chi connectivity index (χ3n) is 6.73. The molecule has 0 atom stereocenters. The molecule has 146 valence electrons.